The van der Waals surface area contributed by atoms with Gasteiger partial charge in [0.2, 0.25) is 0 Å². The highest BCUT2D eigenvalue weighted by Crippen LogP contribution is 2.28. The van der Waals surface area contributed by atoms with Crippen molar-refractivity contribution in [3.05, 3.63) is 24.5 Å². The second-order valence-electron chi connectivity index (χ2n) is 3.45. The van der Waals surface area contributed by atoms with E-state index in [0.717, 1.165) is 0 Å². The van der Waals surface area contributed by atoms with Gasteiger partial charge in [-0.05, 0) is 6.08 Å². The monoisotopic (exact) mass is 271 g/mol. The zero-order valence-corrected chi connectivity index (χ0v) is 9.72. The van der Waals surface area contributed by atoms with Crippen molar-refractivity contribution in [1.29, 1.82) is 0 Å². The molecule has 0 aromatic rings. The molecule has 0 radical (unpaired) electrons. The Morgan fingerprint density at radius 2 is 2.18 bits per heavy atom. The van der Waals surface area contributed by atoms with Crippen LogP contribution in [0.2, 0.25) is 0 Å². The van der Waals surface area contributed by atoms with Gasteiger partial charge in [-0.25, -0.2) is 0 Å². The molecule has 1 aliphatic heterocycles. The Hall–Kier alpha value is -1.02. The highest BCUT2D eigenvalue weighted by Gasteiger charge is 2.48. The number of halogens is 3. The Labute approximate surface area is 97.5 Å². The first-order chi connectivity index (χ1) is 7.76. The smallest absolute Gasteiger partial charge is 0.381 e. The molecule has 0 aromatic carbocycles. The summed E-state index contributed by atoms with van der Waals surface area (Å²) in [6.45, 7) is 4.90. The van der Waals surface area contributed by atoms with Crippen LogP contribution < -0.4 is 0 Å². The molecule has 0 saturated carbocycles. The van der Waals surface area contributed by atoms with Gasteiger partial charge in [0.05, 0.1) is 0 Å². The summed E-state index contributed by atoms with van der Waals surface area (Å²) in [4.78, 5) is 1.89. The predicted molar refractivity (Wildman–Crippen MR) is 55.4 cm³/mol. The maximum Gasteiger partial charge on any atom is 0.534 e. The lowest BCUT2D eigenvalue weighted by Gasteiger charge is -2.24. The van der Waals surface area contributed by atoms with E-state index in [4.69, 9.17) is 0 Å². The van der Waals surface area contributed by atoms with Gasteiger partial charge in [-0.2, -0.15) is 21.6 Å². The van der Waals surface area contributed by atoms with E-state index in [1.54, 1.807) is 6.08 Å². The average molecular weight is 271 g/mol. The molecule has 0 aliphatic carbocycles. The highest BCUT2D eigenvalue weighted by atomic mass is 32.2. The topological polar surface area (TPSA) is 46.6 Å². The van der Waals surface area contributed by atoms with Crippen LogP contribution in [0, 0.1) is 0 Å². The molecule has 0 spiro atoms. The largest absolute Gasteiger partial charge is 0.534 e. The first-order valence-corrected chi connectivity index (χ1v) is 6.20. The molecule has 0 N–H and O–H groups in total. The van der Waals surface area contributed by atoms with Crippen molar-refractivity contribution in [3.63, 3.8) is 0 Å². The van der Waals surface area contributed by atoms with Crippen LogP contribution >= 0.6 is 0 Å². The lowest BCUT2D eigenvalue weighted by Crippen LogP contribution is -2.31. The normalized spacial score (nSPS) is 18.6. The van der Waals surface area contributed by atoms with Gasteiger partial charge >= 0.3 is 15.6 Å². The number of nitrogens with zero attached hydrogens (tertiary/aromatic N) is 1. The molecule has 1 rings (SSSR count). The molecule has 0 amide bonds. The Morgan fingerprint density at radius 3 is 2.59 bits per heavy atom. The van der Waals surface area contributed by atoms with Crippen molar-refractivity contribution in [3.8, 4) is 0 Å². The summed E-state index contributed by atoms with van der Waals surface area (Å²) < 4.78 is 61.5. The van der Waals surface area contributed by atoms with E-state index in [0.29, 0.717) is 19.6 Å². The molecule has 0 atom stereocenters. The van der Waals surface area contributed by atoms with Gasteiger partial charge in [0.25, 0.3) is 0 Å². The molecule has 1 aliphatic rings. The fourth-order valence-corrected chi connectivity index (χ4v) is 1.83. The standard InChI is InChI=1S/C9H12F3NO3S/c1-2-5-13-6-3-8(4-7-13)16-17(14,15)9(10,11)12/h2-3H,1,4-7H2. The SMILES string of the molecule is C=CCN1CC=C(OS(=O)(=O)C(F)(F)F)CC1. The first kappa shape index (κ1) is 14.0. The minimum atomic E-state index is -5.53. The molecule has 0 aromatic heterocycles. The van der Waals surface area contributed by atoms with Crippen LogP contribution in [0.3, 0.4) is 0 Å². The molecule has 0 saturated heterocycles. The molecule has 8 heteroatoms. The van der Waals surface area contributed by atoms with Gasteiger partial charge in [0, 0.05) is 26.1 Å². The predicted octanol–water partition coefficient (Wildman–Crippen LogP) is 1.63. The van der Waals surface area contributed by atoms with Crippen LogP contribution in [0.15, 0.2) is 24.5 Å². The molecule has 0 unspecified atom stereocenters. The summed E-state index contributed by atoms with van der Waals surface area (Å²) in [5, 5.41) is 0. The molecule has 1 heterocycles. The minimum absolute atomic E-state index is 0.128. The van der Waals surface area contributed by atoms with Gasteiger partial charge in [-0.1, -0.05) is 6.08 Å². The highest BCUT2D eigenvalue weighted by molar-refractivity contribution is 7.87. The second-order valence-corrected chi connectivity index (χ2v) is 4.99. The van der Waals surface area contributed by atoms with E-state index < -0.39 is 15.6 Å². The third-order valence-electron chi connectivity index (χ3n) is 2.14. The van der Waals surface area contributed by atoms with Gasteiger partial charge in [-0.15, -0.1) is 6.58 Å². The van der Waals surface area contributed by atoms with Gasteiger partial charge in [-0.3, -0.25) is 4.90 Å². The maximum absolute atomic E-state index is 12.0. The zero-order valence-electron chi connectivity index (χ0n) is 8.90. The van der Waals surface area contributed by atoms with E-state index in [1.807, 2.05) is 4.90 Å². The van der Waals surface area contributed by atoms with Crippen molar-refractivity contribution in [2.24, 2.45) is 0 Å². The summed E-state index contributed by atoms with van der Waals surface area (Å²) in [7, 11) is -5.53. The van der Waals surface area contributed by atoms with E-state index in [2.05, 4.69) is 10.8 Å². The lowest BCUT2D eigenvalue weighted by atomic mass is 10.2. The van der Waals surface area contributed by atoms with Crippen molar-refractivity contribution < 1.29 is 25.8 Å². The summed E-state index contributed by atoms with van der Waals surface area (Å²) in [6, 6.07) is 0. The zero-order chi connectivity index (χ0) is 13.1. The second kappa shape index (κ2) is 5.09. The third-order valence-corrected chi connectivity index (χ3v) is 3.14. The average Bonchev–Trinajstić information content (AvgIpc) is 2.19. The van der Waals surface area contributed by atoms with E-state index in [1.165, 1.54) is 6.08 Å². The Bertz CT molecular complexity index is 414. The van der Waals surface area contributed by atoms with Gasteiger partial charge < -0.3 is 4.18 Å². The van der Waals surface area contributed by atoms with Gasteiger partial charge in [0.1, 0.15) is 5.76 Å². The Morgan fingerprint density at radius 1 is 1.53 bits per heavy atom. The fourth-order valence-electron chi connectivity index (χ4n) is 1.30. The van der Waals surface area contributed by atoms with Crippen LogP contribution in [-0.4, -0.2) is 38.5 Å². The molecular formula is C9H12F3NO3S. The number of hydrogen-bond acceptors (Lipinski definition) is 4. The number of rotatable bonds is 4. The molecule has 17 heavy (non-hydrogen) atoms. The van der Waals surface area contributed by atoms with Crippen molar-refractivity contribution >= 4 is 10.1 Å². The van der Waals surface area contributed by atoms with E-state index >= 15 is 0 Å². The summed E-state index contributed by atoms with van der Waals surface area (Å²) in [5.41, 5.74) is -5.38. The number of hydrogen-bond donors (Lipinski definition) is 0. The Balaban J connectivity index is 2.64. The van der Waals surface area contributed by atoms with Crippen LogP contribution in [0.25, 0.3) is 0 Å². The van der Waals surface area contributed by atoms with Crippen molar-refractivity contribution in [1.82, 2.24) is 4.90 Å². The van der Waals surface area contributed by atoms with Crippen LogP contribution in [0.4, 0.5) is 13.2 Å². The third kappa shape index (κ3) is 3.74. The summed E-state index contributed by atoms with van der Waals surface area (Å²) >= 11 is 0. The Kier molecular flexibility index (Phi) is 4.21. The molecule has 4 nitrogen and oxygen atoms in total. The minimum Gasteiger partial charge on any atom is -0.381 e. The van der Waals surface area contributed by atoms with E-state index in [-0.39, 0.29) is 12.2 Å². The van der Waals surface area contributed by atoms with Crippen molar-refractivity contribution in [2.45, 2.75) is 11.9 Å². The molecular weight excluding hydrogens is 259 g/mol. The summed E-state index contributed by atoms with van der Waals surface area (Å²) in [5.74, 6) is -0.164. The van der Waals surface area contributed by atoms with Crippen LogP contribution in [-0.2, 0) is 14.3 Å². The molecule has 0 fully saturated rings. The lowest BCUT2D eigenvalue weighted by molar-refractivity contribution is -0.0524. The molecule has 98 valence electrons. The van der Waals surface area contributed by atoms with Crippen LogP contribution in [0.1, 0.15) is 6.42 Å². The van der Waals surface area contributed by atoms with Crippen LogP contribution in [0.5, 0.6) is 0 Å². The van der Waals surface area contributed by atoms with Gasteiger partial charge in [0.15, 0.2) is 0 Å². The van der Waals surface area contributed by atoms with Crippen molar-refractivity contribution in [2.75, 3.05) is 19.6 Å². The quantitative estimate of drug-likeness (QED) is 0.443. The first-order valence-electron chi connectivity index (χ1n) is 4.79. The summed E-state index contributed by atoms with van der Waals surface area (Å²) in [6.07, 6.45) is 3.12. The maximum atomic E-state index is 12.0. The number of alkyl halides is 3. The molecule has 0 bridgehead atoms. The van der Waals surface area contributed by atoms with E-state index in [9.17, 15) is 21.6 Å². The fraction of sp³-hybridized carbons (Fsp3) is 0.556.